The summed E-state index contributed by atoms with van der Waals surface area (Å²) in [7, 11) is -4.25. The van der Waals surface area contributed by atoms with Crippen molar-refractivity contribution in [2.24, 2.45) is 0 Å². The average molecular weight is 608 g/mol. The largest absolute Gasteiger partial charge is 0.416 e. The summed E-state index contributed by atoms with van der Waals surface area (Å²) in [4.78, 5) is 28.7. The number of anilines is 1. The molecule has 12 heteroatoms. The summed E-state index contributed by atoms with van der Waals surface area (Å²) in [5.74, 6) is -1.84. The number of nitrogens with zero attached hydrogens (tertiary/aromatic N) is 2. The third-order valence-electron chi connectivity index (χ3n) is 6.68. The van der Waals surface area contributed by atoms with Gasteiger partial charge >= 0.3 is 6.18 Å². The molecule has 0 aliphatic rings. The maximum Gasteiger partial charge on any atom is 0.416 e. The average Bonchev–Trinajstić information content (AvgIpc) is 2.93. The van der Waals surface area contributed by atoms with Crippen molar-refractivity contribution in [3.63, 3.8) is 0 Å². The molecular formula is C30H33F4N3O4S. The summed E-state index contributed by atoms with van der Waals surface area (Å²) < 4.78 is 80.0. The Kier molecular flexibility index (Phi) is 10.7. The van der Waals surface area contributed by atoms with Gasteiger partial charge in [0.2, 0.25) is 21.8 Å². The first-order chi connectivity index (χ1) is 19.7. The van der Waals surface area contributed by atoms with Gasteiger partial charge in [0.15, 0.2) is 0 Å². The van der Waals surface area contributed by atoms with Crippen LogP contribution >= 0.6 is 0 Å². The van der Waals surface area contributed by atoms with Crippen LogP contribution in [-0.4, -0.2) is 50.0 Å². The van der Waals surface area contributed by atoms with Crippen LogP contribution in [0, 0.1) is 5.82 Å². The summed E-state index contributed by atoms with van der Waals surface area (Å²) in [6, 6.07) is 16.4. The molecule has 226 valence electrons. The van der Waals surface area contributed by atoms with E-state index in [1.54, 1.807) is 37.3 Å². The minimum atomic E-state index is -4.74. The van der Waals surface area contributed by atoms with Crippen molar-refractivity contribution < 1.29 is 35.6 Å². The Morgan fingerprint density at radius 3 is 2.14 bits per heavy atom. The SMILES string of the molecule is CC[C@H](C)NC(=O)[C@@H](Cc1ccccc1)N(Cc1ccc(F)cc1)C(=O)CN(c1cccc(C(F)(F)F)c1)S(C)(=O)=O. The standard InChI is InChI=1S/C30H33F4N3O4S/c1-4-21(2)35-29(39)27(17-22-9-6-5-7-10-22)36(19-23-13-15-25(31)16-14-23)28(38)20-37(42(3,40)41)26-12-8-11-24(18-26)30(32,33)34/h5-16,18,21,27H,4,17,19-20H2,1-3H3,(H,35,39)/t21-,27+/m0/s1. The second-order valence-electron chi connectivity index (χ2n) is 9.99. The zero-order chi connectivity index (χ0) is 31.1. The lowest BCUT2D eigenvalue weighted by atomic mass is 10.0. The second-order valence-corrected chi connectivity index (χ2v) is 11.9. The molecule has 2 amide bonds. The van der Waals surface area contributed by atoms with Gasteiger partial charge in [-0.2, -0.15) is 13.2 Å². The summed E-state index contributed by atoms with van der Waals surface area (Å²) in [5.41, 5.74) is -0.258. The molecule has 2 atom stereocenters. The van der Waals surface area contributed by atoms with Gasteiger partial charge in [0, 0.05) is 19.0 Å². The van der Waals surface area contributed by atoms with Crippen LogP contribution in [0.3, 0.4) is 0 Å². The highest BCUT2D eigenvalue weighted by molar-refractivity contribution is 7.92. The van der Waals surface area contributed by atoms with E-state index >= 15 is 0 Å². The first-order valence-electron chi connectivity index (χ1n) is 13.2. The van der Waals surface area contributed by atoms with E-state index in [2.05, 4.69) is 5.32 Å². The number of rotatable bonds is 12. The summed E-state index contributed by atoms with van der Waals surface area (Å²) in [5, 5.41) is 2.87. The molecule has 42 heavy (non-hydrogen) atoms. The van der Waals surface area contributed by atoms with Crippen molar-refractivity contribution in [2.45, 2.75) is 51.5 Å². The van der Waals surface area contributed by atoms with Gasteiger partial charge < -0.3 is 10.2 Å². The van der Waals surface area contributed by atoms with Crippen molar-refractivity contribution in [3.05, 3.63) is 101 Å². The fourth-order valence-electron chi connectivity index (χ4n) is 4.23. The highest BCUT2D eigenvalue weighted by atomic mass is 32.2. The topological polar surface area (TPSA) is 86.8 Å². The third kappa shape index (κ3) is 9.04. The van der Waals surface area contributed by atoms with Crippen molar-refractivity contribution in [3.8, 4) is 0 Å². The molecule has 3 rings (SSSR count). The Morgan fingerprint density at radius 2 is 1.57 bits per heavy atom. The first-order valence-corrected chi connectivity index (χ1v) is 15.1. The van der Waals surface area contributed by atoms with Crippen LogP contribution in [0.5, 0.6) is 0 Å². The fourth-order valence-corrected chi connectivity index (χ4v) is 5.07. The van der Waals surface area contributed by atoms with Gasteiger partial charge in [0.25, 0.3) is 0 Å². The molecule has 1 N–H and O–H groups in total. The van der Waals surface area contributed by atoms with Crippen LogP contribution in [0.15, 0.2) is 78.9 Å². The molecule has 0 saturated heterocycles. The number of halogens is 4. The van der Waals surface area contributed by atoms with E-state index in [1.807, 2.05) is 6.92 Å². The van der Waals surface area contributed by atoms with Gasteiger partial charge in [0.1, 0.15) is 18.4 Å². The quantitative estimate of drug-likeness (QED) is 0.288. The van der Waals surface area contributed by atoms with Crippen LogP contribution in [0.4, 0.5) is 23.2 Å². The summed E-state index contributed by atoms with van der Waals surface area (Å²) >= 11 is 0. The minimum absolute atomic E-state index is 0.0679. The lowest BCUT2D eigenvalue weighted by Gasteiger charge is -2.34. The monoisotopic (exact) mass is 607 g/mol. The number of amides is 2. The van der Waals surface area contributed by atoms with E-state index < -0.39 is 52.0 Å². The van der Waals surface area contributed by atoms with Crippen LogP contribution in [0.2, 0.25) is 0 Å². The van der Waals surface area contributed by atoms with Crippen LogP contribution in [0.1, 0.15) is 37.0 Å². The van der Waals surface area contributed by atoms with Gasteiger partial charge in [-0.1, -0.05) is 55.5 Å². The fraction of sp³-hybridized carbons (Fsp3) is 0.333. The lowest BCUT2D eigenvalue weighted by Crippen LogP contribution is -2.54. The molecule has 0 aromatic heterocycles. The minimum Gasteiger partial charge on any atom is -0.352 e. The second kappa shape index (κ2) is 13.8. The number of hydrogen-bond acceptors (Lipinski definition) is 4. The molecule has 0 bridgehead atoms. The Morgan fingerprint density at radius 1 is 0.929 bits per heavy atom. The predicted molar refractivity (Wildman–Crippen MR) is 152 cm³/mol. The number of benzene rings is 3. The Hall–Kier alpha value is -3.93. The zero-order valence-corrected chi connectivity index (χ0v) is 24.3. The van der Waals surface area contributed by atoms with Gasteiger partial charge in [-0.25, -0.2) is 12.8 Å². The predicted octanol–water partition coefficient (Wildman–Crippen LogP) is 5.17. The van der Waals surface area contributed by atoms with E-state index in [4.69, 9.17) is 0 Å². The van der Waals surface area contributed by atoms with Crippen LogP contribution < -0.4 is 9.62 Å². The van der Waals surface area contributed by atoms with Crippen LogP contribution in [-0.2, 0) is 38.8 Å². The molecular weight excluding hydrogens is 574 g/mol. The number of hydrogen-bond donors (Lipinski definition) is 1. The van der Waals surface area contributed by atoms with E-state index in [0.717, 1.165) is 30.0 Å². The summed E-state index contributed by atoms with van der Waals surface area (Å²) in [6.45, 7) is 2.61. The van der Waals surface area contributed by atoms with E-state index in [1.165, 1.54) is 29.2 Å². The number of carbonyl (C=O) groups is 2. The van der Waals surface area contributed by atoms with E-state index in [9.17, 15) is 35.6 Å². The molecule has 3 aromatic carbocycles. The van der Waals surface area contributed by atoms with Crippen molar-refractivity contribution in [1.82, 2.24) is 10.2 Å². The van der Waals surface area contributed by atoms with Gasteiger partial charge in [-0.15, -0.1) is 0 Å². The number of nitrogens with one attached hydrogen (secondary N) is 1. The lowest BCUT2D eigenvalue weighted by molar-refractivity contribution is -0.140. The first kappa shape index (κ1) is 32.6. The molecule has 0 unspecified atom stereocenters. The molecule has 0 spiro atoms. The number of carbonyl (C=O) groups excluding carboxylic acids is 2. The molecule has 7 nitrogen and oxygen atoms in total. The maximum atomic E-state index is 14.0. The number of alkyl halides is 3. The Balaban J connectivity index is 2.08. The Labute approximate surface area is 243 Å². The zero-order valence-electron chi connectivity index (χ0n) is 23.4. The highest BCUT2D eigenvalue weighted by Gasteiger charge is 2.35. The normalized spacial score (nSPS) is 13.2. The molecule has 0 fully saturated rings. The van der Waals surface area contributed by atoms with Gasteiger partial charge in [-0.3, -0.25) is 13.9 Å². The molecule has 0 heterocycles. The molecule has 0 radical (unpaired) electrons. The highest BCUT2D eigenvalue weighted by Crippen LogP contribution is 2.32. The molecule has 3 aromatic rings. The molecule has 0 saturated carbocycles. The van der Waals surface area contributed by atoms with Crippen molar-refractivity contribution >= 4 is 27.5 Å². The smallest absolute Gasteiger partial charge is 0.352 e. The van der Waals surface area contributed by atoms with Gasteiger partial charge in [-0.05, 0) is 54.8 Å². The van der Waals surface area contributed by atoms with Gasteiger partial charge in [0.05, 0.1) is 17.5 Å². The Bertz CT molecular complexity index is 1470. The molecule has 0 aliphatic carbocycles. The van der Waals surface area contributed by atoms with Crippen molar-refractivity contribution in [2.75, 3.05) is 17.1 Å². The van der Waals surface area contributed by atoms with E-state index in [0.29, 0.717) is 22.4 Å². The van der Waals surface area contributed by atoms with Crippen LogP contribution in [0.25, 0.3) is 0 Å². The number of sulfonamides is 1. The van der Waals surface area contributed by atoms with Crippen molar-refractivity contribution in [1.29, 1.82) is 0 Å². The van der Waals surface area contributed by atoms with E-state index in [-0.39, 0.29) is 24.7 Å². The summed E-state index contributed by atoms with van der Waals surface area (Å²) in [6.07, 6.45) is -3.29. The molecule has 0 aliphatic heterocycles. The maximum absolute atomic E-state index is 14.0. The third-order valence-corrected chi connectivity index (χ3v) is 7.82.